The van der Waals surface area contributed by atoms with Crippen molar-refractivity contribution in [1.82, 2.24) is 0 Å². The zero-order valence-corrected chi connectivity index (χ0v) is 15.2. The number of allylic oxidation sites excluding steroid dienone is 2. The Bertz CT molecular complexity index is 497. The van der Waals surface area contributed by atoms with E-state index in [0.717, 1.165) is 38.5 Å². The van der Waals surface area contributed by atoms with Crippen molar-refractivity contribution in [2.24, 2.45) is 28.1 Å². The fourth-order valence-electron chi connectivity index (χ4n) is 6.15. The largest absolute Gasteiger partial charge is 0.394 e. The van der Waals surface area contributed by atoms with Gasteiger partial charge in [-0.2, -0.15) is 0 Å². The Morgan fingerprint density at radius 3 is 2.52 bits per heavy atom. The monoisotopic (exact) mass is 322 g/mol. The zero-order chi connectivity index (χ0) is 17.0. The average Bonchev–Trinajstić information content (AvgIpc) is 2.50. The Balaban J connectivity index is 1.90. The van der Waals surface area contributed by atoms with E-state index in [2.05, 4.69) is 33.8 Å². The maximum absolute atomic E-state index is 10.5. The molecule has 0 amide bonds. The van der Waals surface area contributed by atoms with E-state index in [-0.39, 0.29) is 29.0 Å². The van der Waals surface area contributed by atoms with Crippen LogP contribution < -0.4 is 0 Å². The average molecular weight is 322 g/mol. The normalized spacial score (nSPS) is 47.3. The first kappa shape index (κ1) is 17.4. The van der Waals surface area contributed by atoms with Crippen molar-refractivity contribution in [3.8, 4) is 0 Å². The number of aliphatic hydroxyl groups excluding tert-OH is 3. The topological polar surface area (TPSA) is 60.7 Å². The van der Waals surface area contributed by atoms with Gasteiger partial charge in [-0.15, -0.1) is 0 Å². The number of hydrogen-bond acceptors (Lipinski definition) is 3. The van der Waals surface area contributed by atoms with Gasteiger partial charge in [0.1, 0.15) is 0 Å². The van der Waals surface area contributed by atoms with Gasteiger partial charge in [-0.05, 0) is 66.6 Å². The first-order chi connectivity index (χ1) is 10.6. The summed E-state index contributed by atoms with van der Waals surface area (Å²) in [7, 11) is 0. The second-order valence-corrected chi connectivity index (χ2v) is 9.57. The van der Waals surface area contributed by atoms with Crippen molar-refractivity contribution in [3.05, 3.63) is 11.6 Å². The summed E-state index contributed by atoms with van der Waals surface area (Å²) in [5.41, 5.74) is 1.54. The van der Waals surface area contributed by atoms with E-state index >= 15 is 0 Å². The molecule has 3 nitrogen and oxygen atoms in total. The summed E-state index contributed by atoms with van der Waals surface area (Å²) in [6, 6.07) is 0. The van der Waals surface area contributed by atoms with Gasteiger partial charge in [-0.1, -0.05) is 39.3 Å². The van der Waals surface area contributed by atoms with Crippen LogP contribution in [-0.2, 0) is 0 Å². The summed E-state index contributed by atoms with van der Waals surface area (Å²) < 4.78 is 0. The Kier molecular flexibility index (Phi) is 4.23. The summed E-state index contributed by atoms with van der Waals surface area (Å²) in [5.74, 6) is 1.10. The van der Waals surface area contributed by atoms with E-state index in [9.17, 15) is 15.3 Å². The Hall–Kier alpha value is -0.380. The minimum absolute atomic E-state index is 0.0274. The molecule has 0 aromatic carbocycles. The molecule has 0 aromatic rings. The lowest BCUT2D eigenvalue weighted by molar-refractivity contribution is -0.125. The zero-order valence-electron chi connectivity index (χ0n) is 15.2. The van der Waals surface area contributed by atoms with E-state index in [4.69, 9.17) is 0 Å². The van der Waals surface area contributed by atoms with Gasteiger partial charge in [-0.25, -0.2) is 0 Å². The van der Waals surface area contributed by atoms with Crippen molar-refractivity contribution in [1.29, 1.82) is 0 Å². The molecule has 3 rings (SSSR count). The fraction of sp³-hybridized carbons (Fsp3) is 0.900. The van der Waals surface area contributed by atoms with Crippen molar-refractivity contribution < 1.29 is 15.3 Å². The molecule has 0 heterocycles. The Morgan fingerprint density at radius 1 is 1.17 bits per heavy atom. The third kappa shape index (κ3) is 2.51. The smallest absolute Gasteiger partial charge is 0.0827 e. The van der Waals surface area contributed by atoms with Crippen LogP contribution in [0.1, 0.15) is 66.2 Å². The molecule has 2 fully saturated rings. The summed E-state index contributed by atoms with van der Waals surface area (Å²) in [4.78, 5) is 0. The molecule has 132 valence electrons. The van der Waals surface area contributed by atoms with Crippen LogP contribution in [0.15, 0.2) is 11.6 Å². The first-order valence-corrected chi connectivity index (χ1v) is 9.31. The van der Waals surface area contributed by atoms with Crippen LogP contribution >= 0.6 is 0 Å². The molecular formula is C20H34O3. The number of aliphatic hydroxyl groups is 3. The molecule has 0 unspecified atom stereocenters. The van der Waals surface area contributed by atoms with E-state index in [0.29, 0.717) is 11.8 Å². The first-order valence-electron chi connectivity index (χ1n) is 9.31. The highest BCUT2D eigenvalue weighted by molar-refractivity contribution is 5.24. The van der Waals surface area contributed by atoms with Crippen molar-refractivity contribution in [2.45, 2.75) is 78.4 Å². The molecule has 0 aromatic heterocycles. The van der Waals surface area contributed by atoms with Crippen molar-refractivity contribution >= 4 is 0 Å². The van der Waals surface area contributed by atoms with Crippen LogP contribution in [0.3, 0.4) is 0 Å². The fourth-order valence-corrected chi connectivity index (χ4v) is 6.15. The molecule has 2 saturated carbocycles. The summed E-state index contributed by atoms with van der Waals surface area (Å²) in [5, 5.41) is 30.1. The highest BCUT2D eigenvalue weighted by Gasteiger charge is 2.57. The van der Waals surface area contributed by atoms with Crippen LogP contribution in [0.5, 0.6) is 0 Å². The lowest BCUT2D eigenvalue weighted by atomic mass is 9.45. The van der Waals surface area contributed by atoms with Gasteiger partial charge < -0.3 is 15.3 Å². The van der Waals surface area contributed by atoms with Crippen LogP contribution in [0.4, 0.5) is 0 Å². The van der Waals surface area contributed by atoms with Crippen molar-refractivity contribution in [2.75, 3.05) is 6.61 Å². The Morgan fingerprint density at radius 2 is 1.87 bits per heavy atom. The SMILES string of the molecule is CC1(C)[C@H](O)CC[C@]2(C)[C@H]3CC[C@](C)([C@H](O)CO)CC3=CC[C@@H]12. The quantitative estimate of drug-likeness (QED) is 0.684. The van der Waals surface area contributed by atoms with E-state index in [1.54, 1.807) is 0 Å². The maximum Gasteiger partial charge on any atom is 0.0827 e. The van der Waals surface area contributed by atoms with Gasteiger partial charge in [0, 0.05) is 0 Å². The van der Waals surface area contributed by atoms with E-state index < -0.39 is 6.10 Å². The minimum Gasteiger partial charge on any atom is -0.394 e. The standard InChI is InChI=1S/C20H34O3/c1-18(2)15-6-5-13-11-19(3,17(23)12-21)9-7-14(13)20(15,4)10-8-16(18)22/h5,14-17,21-23H,6-12H2,1-4H3/t14-,15-,16+,17+,19-,20+/m0/s1. The lowest BCUT2D eigenvalue weighted by Gasteiger charge is -2.60. The second kappa shape index (κ2) is 5.57. The predicted octanol–water partition coefficient (Wildman–Crippen LogP) is 3.28. The van der Waals surface area contributed by atoms with Gasteiger partial charge in [0.05, 0.1) is 18.8 Å². The third-order valence-electron chi connectivity index (χ3n) is 7.96. The van der Waals surface area contributed by atoms with E-state index in [1.165, 1.54) is 5.57 Å². The molecule has 3 N–H and O–H groups in total. The molecular weight excluding hydrogens is 288 g/mol. The van der Waals surface area contributed by atoms with Gasteiger partial charge in [0.15, 0.2) is 0 Å². The van der Waals surface area contributed by atoms with Crippen molar-refractivity contribution in [3.63, 3.8) is 0 Å². The summed E-state index contributed by atoms with van der Waals surface area (Å²) >= 11 is 0. The van der Waals surface area contributed by atoms with Crippen LogP contribution in [0.25, 0.3) is 0 Å². The van der Waals surface area contributed by atoms with E-state index in [1.807, 2.05) is 0 Å². The highest BCUT2D eigenvalue weighted by Crippen LogP contribution is 2.63. The predicted molar refractivity (Wildman–Crippen MR) is 91.9 cm³/mol. The summed E-state index contributed by atoms with van der Waals surface area (Å²) in [6.45, 7) is 8.89. The van der Waals surface area contributed by atoms with Crippen LogP contribution in [0, 0.1) is 28.1 Å². The molecule has 3 aliphatic carbocycles. The molecule has 0 radical (unpaired) electrons. The van der Waals surface area contributed by atoms with Crippen LogP contribution in [0.2, 0.25) is 0 Å². The number of hydrogen-bond donors (Lipinski definition) is 3. The van der Waals surface area contributed by atoms with Gasteiger partial charge >= 0.3 is 0 Å². The highest BCUT2D eigenvalue weighted by atomic mass is 16.3. The molecule has 0 spiro atoms. The molecule has 0 bridgehead atoms. The van der Waals surface area contributed by atoms with Crippen LogP contribution in [-0.4, -0.2) is 34.1 Å². The number of fused-ring (bicyclic) bond motifs is 3. The lowest BCUT2D eigenvalue weighted by Crippen LogP contribution is -2.55. The number of rotatable bonds is 2. The minimum atomic E-state index is -0.625. The summed E-state index contributed by atoms with van der Waals surface area (Å²) in [6.07, 6.45) is 7.60. The van der Waals surface area contributed by atoms with Gasteiger partial charge in [-0.3, -0.25) is 0 Å². The molecule has 0 aliphatic heterocycles. The third-order valence-corrected chi connectivity index (χ3v) is 7.96. The molecule has 3 aliphatic rings. The Labute approximate surface area is 140 Å². The van der Waals surface area contributed by atoms with Gasteiger partial charge in [0.25, 0.3) is 0 Å². The molecule has 3 heteroatoms. The van der Waals surface area contributed by atoms with Gasteiger partial charge in [0.2, 0.25) is 0 Å². The second-order valence-electron chi connectivity index (χ2n) is 9.57. The molecule has 6 atom stereocenters. The molecule has 23 heavy (non-hydrogen) atoms. The maximum atomic E-state index is 10.5. The molecule has 0 saturated heterocycles.